The summed E-state index contributed by atoms with van der Waals surface area (Å²) in [5, 5.41) is 0. The number of amides is 1. The van der Waals surface area contributed by atoms with E-state index in [1.807, 2.05) is 0 Å². The van der Waals surface area contributed by atoms with E-state index in [2.05, 4.69) is 4.74 Å². The number of fused-ring (bicyclic) bond motifs is 1. The van der Waals surface area contributed by atoms with E-state index in [1.54, 1.807) is 23.1 Å². The Labute approximate surface area is 174 Å². The van der Waals surface area contributed by atoms with Gasteiger partial charge < -0.3 is 9.64 Å². The van der Waals surface area contributed by atoms with Crippen LogP contribution in [0.1, 0.15) is 35.2 Å². The third-order valence-corrected chi connectivity index (χ3v) is 7.32. The number of anilines is 1. The van der Waals surface area contributed by atoms with Crippen LogP contribution in [0.2, 0.25) is 0 Å². The number of hydrogen-bond donors (Lipinski definition) is 0. The fourth-order valence-corrected chi connectivity index (χ4v) is 5.55. The molecule has 2 aromatic carbocycles. The molecule has 160 valence electrons. The van der Waals surface area contributed by atoms with Gasteiger partial charge in [-0.05, 0) is 67.6 Å². The molecule has 1 fully saturated rings. The highest BCUT2D eigenvalue weighted by atomic mass is 32.2. The third kappa shape index (κ3) is 4.04. The smallest absolute Gasteiger partial charge is 0.387 e. The van der Waals surface area contributed by atoms with Gasteiger partial charge in [0.2, 0.25) is 10.0 Å². The molecule has 0 radical (unpaired) electrons. The lowest BCUT2D eigenvalue weighted by molar-refractivity contribution is -0.0498. The normalized spacial score (nSPS) is 17.2. The lowest BCUT2D eigenvalue weighted by atomic mass is 10.0. The van der Waals surface area contributed by atoms with Gasteiger partial charge >= 0.3 is 6.61 Å². The molecular formula is C21H22F2N2O4S. The number of nitrogens with zero attached hydrogens (tertiary/aromatic N) is 2. The molecule has 2 aliphatic rings. The number of aryl methyl sites for hydroxylation is 1. The second-order valence-electron chi connectivity index (χ2n) is 7.37. The zero-order valence-corrected chi connectivity index (χ0v) is 17.1. The van der Waals surface area contributed by atoms with E-state index in [-0.39, 0.29) is 22.1 Å². The number of carbonyl (C=O) groups is 1. The first-order chi connectivity index (χ1) is 14.4. The fourth-order valence-electron chi connectivity index (χ4n) is 3.98. The van der Waals surface area contributed by atoms with Crippen LogP contribution < -0.4 is 9.64 Å². The van der Waals surface area contributed by atoms with Crippen molar-refractivity contribution in [3.05, 3.63) is 53.6 Å². The second kappa shape index (κ2) is 8.31. The molecule has 0 unspecified atom stereocenters. The van der Waals surface area contributed by atoms with Gasteiger partial charge in [-0.3, -0.25) is 4.79 Å². The predicted octanol–water partition coefficient (Wildman–Crippen LogP) is 3.67. The first-order valence-corrected chi connectivity index (χ1v) is 11.3. The van der Waals surface area contributed by atoms with E-state index >= 15 is 0 Å². The minimum absolute atomic E-state index is 0.0832. The van der Waals surface area contributed by atoms with Crippen LogP contribution in [0, 0.1) is 0 Å². The maximum absolute atomic E-state index is 13.0. The summed E-state index contributed by atoms with van der Waals surface area (Å²) in [7, 11) is -3.54. The topological polar surface area (TPSA) is 66.9 Å². The largest absolute Gasteiger partial charge is 0.435 e. The fraction of sp³-hybridized carbons (Fsp3) is 0.381. The summed E-state index contributed by atoms with van der Waals surface area (Å²) in [5.41, 5.74) is 1.66. The first-order valence-electron chi connectivity index (χ1n) is 9.86. The van der Waals surface area contributed by atoms with Crippen molar-refractivity contribution in [2.45, 2.75) is 37.2 Å². The van der Waals surface area contributed by atoms with Crippen LogP contribution in [-0.2, 0) is 16.4 Å². The van der Waals surface area contributed by atoms with Gasteiger partial charge in [-0.2, -0.15) is 13.1 Å². The Balaban J connectivity index is 1.62. The van der Waals surface area contributed by atoms with Crippen LogP contribution in [0.4, 0.5) is 14.5 Å². The van der Waals surface area contributed by atoms with E-state index in [0.29, 0.717) is 38.2 Å². The van der Waals surface area contributed by atoms with Crippen molar-refractivity contribution in [3.63, 3.8) is 0 Å². The van der Waals surface area contributed by atoms with E-state index in [9.17, 15) is 22.0 Å². The first kappa shape index (κ1) is 20.7. The summed E-state index contributed by atoms with van der Waals surface area (Å²) in [4.78, 5) is 14.9. The monoisotopic (exact) mass is 436 g/mol. The number of rotatable bonds is 5. The summed E-state index contributed by atoms with van der Waals surface area (Å²) < 4.78 is 56.6. The molecule has 2 aliphatic heterocycles. The SMILES string of the molecule is O=C(c1cccc(OC(F)F)c1)N1CCCc2cc(S(=O)(=O)N3CCCC3)ccc21. The lowest BCUT2D eigenvalue weighted by Crippen LogP contribution is -2.35. The van der Waals surface area contributed by atoms with E-state index in [1.165, 1.54) is 28.6 Å². The number of alkyl halides is 2. The quantitative estimate of drug-likeness (QED) is 0.718. The molecule has 1 saturated heterocycles. The maximum atomic E-state index is 13.0. The molecule has 0 spiro atoms. The predicted molar refractivity (Wildman–Crippen MR) is 108 cm³/mol. The van der Waals surface area contributed by atoms with E-state index < -0.39 is 16.6 Å². The zero-order valence-electron chi connectivity index (χ0n) is 16.3. The minimum atomic E-state index is -3.54. The average molecular weight is 436 g/mol. The molecular weight excluding hydrogens is 414 g/mol. The molecule has 0 atom stereocenters. The molecule has 4 rings (SSSR count). The summed E-state index contributed by atoms with van der Waals surface area (Å²) in [5.74, 6) is -0.425. The molecule has 2 heterocycles. The van der Waals surface area contributed by atoms with Gasteiger partial charge in [-0.15, -0.1) is 0 Å². The molecule has 0 N–H and O–H groups in total. The Hall–Kier alpha value is -2.52. The maximum Gasteiger partial charge on any atom is 0.387 e. The average Bonchev–Trinajstić information content (AvgIpc) is 3.28. The van der Waals surface area contributed by atoms with Gasteiger partial charge in [0.15, 0.2) is 0 Å². The van der Waals surface area contributed by atoms with Gasteiger partial charge in [0.1, 0.15) is 5.75 Å². The number of carbonyl (C=O) groups excluding carboxylic acids is 1. The second-order valence-corrected chi connectivity index (χ2v) is 9.31. The number of benzene rings is 2. The van der Waals surface area contributed by atoms with Crippen LogP contribution in [0.25, 0.3) is 0 Å². The molecule has 0 saturated carbocycles. The molecule has 6 nitrogen and oxygen atoms in total. The van der Waals surface area contributed by atoms with Crippen molar-refractivity contribution in [1.29, 1.82) is 0 Å². The highest BCUT2D eigenvalue weighted by molar-refractivity contribution is 7.89. The zero-order chi connectivity index (χ0) is 21.3. The standard InChI is InChI=1S/C21H22F2N2O4S/c22-21(23)29-17-7-3-5-16(13-17)20(26)25-12-4-6-15-14-18(8-9-19(15)25)30(27,28)24-10-1-2-11-24/h3,5,7-9,13-14,21H,1-2,4,6,10-12H2. The number of sulfonamides is 1. The Bertz CT molecular complexity index is 1050. The highest BCUT2D eigenvalue weighted by Gasteiger charge is 2.30. The third-order valence-electron chi connectivity index (χ3n) is 5.42. The van der Waals surface area contributed by atoms with Crippen molar-refractivity contribution < 1.29 is 26.7 Å². The van der Waals surface area contributed by atoms with Crippen LogP contribution in [-0.4, -0.2) is 44.9 Å². The van der Waals surface area contributed by atoms with Crippen molar-refractivity contribution in [2.75, 3.05) is 24.5 Å². The van der Waals surface area contributed by atoms with Crippen molar-refractivity contribution in [2.24, 2.45) is 0 Å². The highest BCUT2D eigenvalue weighted by Crippen LogP contribution is 2.32. The molecule has 0 aliphatic carbocycles. The van der Waals surface area contributed by atoms with Gasteiger partial charge in [-0.1, -0.05) is 6.07 Å². The number of halogens is 2. The van der Waals surface area contributed by atoms with Gasteiger partial charge in [0, 0.05) is 30.9 Å². The summed E-state index contributed by atoms with van der Waals surface area (Å²) >= 11 is 0. The van der Waals surface area contributed by atoms with Gasteiger partial charge in [0.05, 0.1) is 4.90 Å². The molecule has 1 amide bonds. The summed E-state index contributed by atoms with van der Waals surface area (Å²) in [6.07, 6.45) is 3.07. The van der Waals surface area contributed by atoms with Gasteiger partial charge in [0.25, 0.3) is 5.91 Å². The van der Waals surface area contributed by atoms with Crippen LogP contribution in [0.3, 0.4) is 0 Å². The Morgan fingerprint density at radius 2 is 1.77 bits per heavy atom. The van der Waals surface area contributed by atoms with Crippen molar-refractivity contribution in [3.8, 4) is 5.75 Å². The number of ether oxygens (including phenoxy) is 1. The summed E-state index contributed by atoms with van der Waals surface area (Å²) in [6, 6.07) is 10.5. The Morgan fingerprint density at radius 3 is 2.50 bits per heavy atom. The minimum Gasteiger partial charge on any atom is -0.435 e. The van der Waals surface area contributed by atoms with Crippen LogP contribution >= 0.6 is 0 Å². The van der Waals surface area contributed by atoms with E-state index in [4.69, 9.17) is 0 Å². The van der Waals surface area contributed by atoms with Crippen LogP contribution in [0.15, 0.2) is 47.4 Å². The van der Waals surface area contributed by atoms with E-state index in [0.717, 1.165) is 18.4 Å². The van der Waals surface area contributed by atoms with Gasteiger partial charge in [-0.25, -0.2) is 8.42 Å². The molecule has 30 heavy (non-hydrogen) atoms. The molecule has 0 bridgehead atoms. The number of hydrogen-bond acceptors (Lipinski definition) is 4. The summed E-state index contributed by atoms with van der Waals surface area (Å²) in [6.45, 7) is -1.45. The Morgan fingerprint density at radius 1 is 1.00 bits per heavy atom. The van der Waals surface area contributed by atoms with Crippen LogP contribution in [0.5, 0.6) is 5.75 Å². The molecule has 9 heteroatoms. The Kier molecular flexibility index (Phi) is 5.75. The van der Waals surface area contributed by atoms with Crippen molar-refractivity contribution in [1.82, 2.24) is 4.31 Å². The van der Waals surface area contributed by atoms with Crippen molar-refractivity contribution >= 4 is 21.6 Å². The molecule has 2 aromatic rings. The molecule has 0 aromatic heterocycles. The lowest BCUT2D eigenvalue weighted by Gasteiger charge is -2.30.